The van der Waals surface area contributed by atoms with E-state index in [1.54, 1.807) is 0 Å². The number of nitrogens with zero attached hydrogens (tertiary/aromatic N) is 1. The van der Waals surface area contributed by atoms with Gasteiger partial charge in [-0.3, -0.25) is 0 Å². The third kappa shape index (κ3) is 2.06. The summed E-state index contributed by atoms with van der Waals surface area (Å²) in [7, 11) is -0.682. The van der Waals surface area contributed by atoms with Crippen LogP contribution in [0.25, 0.3) is 0 Å². The van der Waals surface area contributed by atoms with E-state index < -0.39 is 24.3 Å². The average Bonchev–Trinajstić information content (AvgIpc) is 2.47. The standard InChI is InChI=1S/C13H19BFNO2/c1-6-9-7-8-16-11(15)10(9)14-17-12(2,3)13(4,5)18-14/h7-8H,6H2,1-5H3. The van der Waals surface area contributed by atoms with Crippen LogP contribution in [-0.2, 0) is 15.7 Å². The highest BCUT2D eigenvalue weighted by atomic mass is 19.1. The molecule has 2 rings (SSSR count). The zero-order chi connectivity index (χ0) is 13.6. The second-order valence-corrected chi connectivity index (χ2v) is 5.62. The maximum atomic E-state index is 13.9. The molecule has 0 N–H and O–H groups in total. The molecule has 2 heterocycles. The molecule has 5 heteroatoms. The number of aromatic nitrogens is 1. The summed E-state index contributed by atoms with van der Waals surface area (Å²) in [6, 6.07) is 1.81. The van der Waals surface area contributed by atoms with Gasteiger partial charge in [0.15, 0.2) is 0 Å². The number of hydrogen-bond acceptors (Lipinski definition) is 3. The van der Waals surface area contributed by atoms with E-state index in [-0.39, 0.29) is 0 Å². The van der Waals surface area contributed by atoms with Gasteiger partial charge in [0, 0.05) is 11.7 Å². The molecule has 0 atom stereocenters. The number of pyridine rings is 1. The molecule has 3 nitrogen and oxygen atoms in total. The van der Waals surface area contributed by atoms with Crippen LogP contribution >= 0.6 is 0 Å². The van der Waals surface area contributed by atoms with Crippen LogP contribution in [0.2, 0.25) is 0 Å². The van der Waals surface area contributed by atoms with Crippen LogP contribution in [0.15, 0.2) is 12.3 Å². The lowest BCUT2D eigenvalue weighted by atomic mass is 9.76. The van der Waals surface area contributed by atoms with Crippen LogP contribution < -0.4 is 5.46 Å². The van der Waals surface area contributed by atoms with Gasteiger partial charge in [-0.1, -0.05) is 6.92 Å². The lowest BCUT2D eigenvalue weighted by Gasteiger charge is -2.32. The van der Waals surface area contributed by atoms with Crippen molar-refractivity contribution in [2.24, 2.45) is 0 Å². The van der Waals surface area contributed by atoms with Crippen molar-refractivity contribution >= 4 is 12.6 Å². The minimum absolute atomic E-state index is 0.429. The quantitative estimate of drug-likeness (QED) is 0.595. The molecule has 0 bridgehead atoms. The van der Waals surface area contributed by atoms with Crippen LogP contribution in [0.1, 0.15) is 40.2 Å². The predicted molar refractivity (Wildman–Crippen MR) is 69.3 cm³/mol. The molecule has 1 aliphatic rings. The summed E-state index contributed by atoms with van der Waals surface area (Å²) in [6.45, 7) is 9.78. The predicted octanol–water partition coefficient (Wildman–Crippen LogP) is 2.08. The molecule has 1 aliphatic heterocycles. The summed E-state index contributed by atoms with van der Waals surface area (Å²) < 4.78 is 25.7. The summed E-state index contributed by atoms with van der Waals surface area (Å²) in [5.41, 5.74) is 0.371. The summed E-state index contributed by atoms with van der Waals surface area (Å²) in [4.78, 5) is 3.70. The van der Waals surface area contributed by atoms with Crippen molar-refractivity contribution < 1.29 is 13.7 Å². The Labute approximate surface area is 108 Å². The topological polar surface area (TPSA) is 31.4 Å². The summed E-state index contributed by atoms with van der Waals surface area (Å²) in [5, 5.41) is 0. The van der Waals surface area contributed by atoms with E-state index in [2.05, 4.69) is 4.98 Å². The van der Waals surface area contributed by atoms with Gasteiger partial charge >= 0.3 is 7.12 Å². The first-order valence-corrected chi connectivity index (χ1v) is 6.27. The molecule has 0 aromatic carbocycles. The minimum atomic E-state index is -0.682. The van der Waals surface area contributed by atoms with E-state index in [0.29, 0.717) is 5.46 Å². The monoisotopic (exact) mass is 251 g/mol. The second kappa shape index (κ2) is 4.32. The largest absolute Gasteiger partial charge is 0.499 e. The Kier molecular flexibility index (Phi) is 3.24. The van der Waals surface area contributed by atoms with Crippen LogP contribution in [0.5, 0.6) is 0 Å². The van der Waals surface area contributed by atoms with Crippen molar-refractivity contribution in [2.75, 3.05) is 0 Å². The SMILES string of the molecule is CCc1ccnc(F)c1B1OC(C)(C)C(C)(C)O1. The Bertz CT molecular complexity index is 446. The molecule has 1 fully saturated rings. The number of halogens is 1. The van der Waals surface area contributed by atoms with E-state index in [1.807, 2.05) is 40.7 Å². The molecule has 1 saturated heterocycles. The highest BCUT2D eigenvalue weighted by Crippen LogP contribution is 2.36. The number of hydrogen-bond donors (Lipinski definition) is 0. The van der Waals surface area contributed by atoms with Gasteiger partial charge in [-0.15, -0.1) is 0 Å². The zero-order valence-corrected chi connectivity index (χ0v) is 11.6. The maximum absolute atomic E-state index is 13.9. The summed E-state index contributed by atoms with van der Waals surface area (Å²) in [5.74, 6) is -0.507. The molecule has 0 saturated carbocycles. The zero-order valence-electron chi connectivity index (χ0n) is 11.6. The van der Waals surface area contributed by atoms with Gasteiger partial charge in [-0.25, -0.2) is 4.98 Å². The Morgan fingerprint density at radius 1 is 1.22 bits per heavy atom. The lowest BCUT2D eigenvalue weighted by Crippen LogP contribution is -2.41. The molecule has 0 aliphatic carbocycles. The van der Waals surface area contributed by atoms with Crippen LogP contribution in [-0.4, -0.2) is 23.3 Å². The van der Waals surface area contributed by atoms with Crippen molar-refractivity contribution in [2.45, 2.75) is 52.2 Å². The van der Waals surface area contributed by atoms with Gasteiger partial charge in [0.25, 0.3) is 0 Å². The number of aryl methyl sites for hydroxylation is 1. The average molecular weight is 251 g/mol. The highest BCUT2D eigenvalue weighted by molar-refractivity contribution is 6.62. The summed E-state index contributed by atoms with van der Waals surface area (Å²) >= 11 is 0. The lowest BCUT2D eigenvalue weighted by molar-refractivity contribution is 0.00578. The van der Waals surface area contributed by atoms with E-state index in [9.17, 15) is 4.39 Å². The van der Waals surface area contributed by atoms with Gasteiger partial charge in [-0.05, 0) is 45.7 Å². The van der Waals surface area contributed by atoms with Gasteiger partial charge < -0.3 is 9.31 Å². The van der Waals surface area contributed by atoms with Gasteiger partial charge in [0.1, 0.15) is 0 Å². The van der Waals surface area contributed by atoms with Gasteiger partial charge in [0.2, 0.25) is 5.95 Å². The third-order valence-electron chi connectivity index (χ3n) is 3.90. The van der Waals surface area contributed by atoms with Crippen molar-refractivity contribution in [1.29, 1.82) is 0 Å². The normalized spacial score (nSPS) is 21.3. The third-order valence-corrected chi connectivity index (χ3v) is 3.90. The molecule has 18 heavy (non-hydrogen) atoms. The van der Waals surface area contributed by atoms with Crippen LogP contribution in [0.4, 0.5) is 4.39 Å². The molecule has 1 aromatic rings. The van der Waals surface area contributed by atoms with Gasteiger partial charge in [-0.2, -0.15) is 4.39 Å². The molecule has 0 amide bonds. The second-order valence-electron chi connectivity index (χ2n) is 5.62. The van der Waals surface area contributed by atoms with E-state index in [4.69, 9.17) is 9.31 Å². The fourth-order valence-electron chi connectivity index (χ4n) is 2.00. The molecule has 98 valence electrons. The number of rotatable bonds is 2. The molecule has 1 aromatic heterocycles. The van der Waals surface area contributed by atoms with Crippen LogP contribution in [0, 0.1) is 5.95 Å². The fraction of sp³-hybridized carbons (Fsp3) is 0.615. The Morgan fingerprint density at radius 3 is 2.28 bits per heavy atom. The first-order valence-electron chi connectivity index (χ1n) is 6.27. The first kappa shape index (κ1) is 13.5. The Balaban J connectivity index is 2.41. The van der Waals surface area contributed by atoms with E-state index in [1.165, 1.54) is 6.20 Å². The Morgan fingerprint density at radius 2 is 1.78 bits per heavy atom. The van der Waals surface area contributed by atoms with E-state index in [0.717, 1.165) is 12.0 Å². The summed E-state index contributed by atoms with van der Waals surface area (Å²) in [6.07, 6.45) is 2.20. The Hall–Kier alpha value is -0.935. The first-order chi connectivity index (χ1) is 8.28. The molecule has 0 radical (unpaired) electrons. The minimum Gasteiger partial charge on any atom is -0.399 e. The molecular formula is C13H19BFNO2. The molecule has 0 spiro atoms. The molecular weight excluding hydrogens is 232 g/mol. The van der Waals surface area contributed by atoms with Crippen LogP contribution in [0.3, 0.4) is 0 Å². The fourth-order valence-corrected chi connectivity index (χ4v) is 2.00. The van der Waals surface area contributed by atoms with Crippen molar-refractivity contribution in [3.8, 4) is 0 Å². The maximum Gasteiger partial charge on any atom is 0.499 e. The van der Waals surface area contributed by atoms with E-state index >= 15 is 0 Å². The van der Waals surface area contributed by atoms with Crippen molar-refractivity contribution in [1.82, 2.24) is 4.98 Å². The highest BCUT2D eigenvalue weighted by Gasteiger charge is 2.53. The van der Waals surface area contributed by atoms with Gasteiger partial charge in [0.05, 0.1) is 11.2 Å². The smallest absolute Gasteiger partial charge is 0.399 e. The molecule has 0 unspecified atom stereocenters. The van der Waals surface area contributed by atoms with Crippen molar-refractivity contribution in [3.63, 3.8) is 0 Å². The van der Waals surface area contributed by atoms with Crippen molar-refractivity contribution in [3.05, 3.63) is 23.8 Å².